The van der Waals surface area contributed by atoms with Gasteiger partial charge in [-0.15, -0.1) is 0 Å². The quantitative estimate of drug-likeness (QED) is 0.658. The molecule has 6 nitrogen and oxygen atoms in total. The number of piperidine rings is 1. The van der Waals surface area contributed by atoms with Gasteiger partial charge in [0.2, 0.25) is 0 Å². The molecule has 2 aliphatic heterocycles. The van der Waals surface area contributed by atoms with Gasteiger partial charge in [-0.25, -0.2) is 4.79 Å². The summed E-state index contributed by atoms with van der Waals surface area (Å²) in [5.41, 5.74) is 1.24. The van der Waals surface area contributed by atoms with Crippen LogP contribution in [0.5, 0.6) is 0 Å². The minimum absolute atomic E-state index is 0.0713. The van der Waals surface area contributed by atoms with E-state index in [1.807, 2.05) is 12.1 Å². The first-order valence-electron chi connectivity index (χ1n) is 10.2. The first kappa shape index (κ1) is 22.1. The number of halogens is 1. The number of morpholine rings is 1. The van der Waals surface area contributed by atoms with E-state index in [0.29, 0.717) is 19.7 Å². The molecular formula is C22H31ClN2O4. The van der Waals surface area contributed by atoms with Crippen molar-refractivity contribution in [2.75, 3.05) is 40.0 Å². The Labute approximate surface area is 178 Å². The van der Waals surface area contributed by atoms with Gasteiger partial charge in [0.25, 0.3) is 0 Å². The number of benzene rings is 1. The fraction of sp³-hybridized carbons (Fsp3) is 0.591. The third-order valence-electron chi connectivity index (χ3n) is 5.73. The van der Waals surface area contributed by atoms with Crippen molar-refractivity contribution in [1.29, 1.82) is 0 Å². The normalized spacial score (nSPS) is 28.2. The predicted molar refractivity (Wildman–Crippen MR) is 113 cm³/mol. The molecule has 1 aromatic carbocycles. The Morgan fingerprint density at radius 2 is 2.10 bits per heavy atom. The maximum atomic E-state index is 12.2. The zero-order valence-corrected chi connectivity index (χ0v) is 18.0. The van der Waals surface area contributed by atoms with E-state index in [0.717, 1.165) is 24.4 Å². The summed E-state index contributed by atoms with van der Waals surface area (Å²) in [5, 5.41) is 0.745. The van der Waals surface area contributed by atoms with E-state index in [9.17, 15) is 4.79 Å². The molecule has 0 aromatic heterocycles. The lowest BCUT2D eigenvalue weighted by atomic mass is 9.94. The van der Waals surface area contributed by atoms with E-state index < -0.39 is 0 Å². The summed E-state index contributed by atoms with van der Waals surface area (Å²) in [6.07, 6.45) is 3.10. The van der Waals surface area contributed by atoms with Crippen LogP contribution in [0.4, 0.5) is 4.79 Å². The van der Waals surface area contributed by atoms with Crippen LogP contribution in [0.3, 0.4) is 0 Å². The average molecular weight is 423 g/mol. The standard InChI is InChI=1S/C22H31ClN2O4/c1-4-11-28-22(26)24-10-9-20(21(14-24)27-3)25-13-16(2)29-15-19(25)12-17-5-7-18(23)8-6-17/h4-8,16,19-21H,1,9-15H2,2-3H3/t16-,19?,20?,21-/m0/s1. The highest BCUT2D eigenvalue weighted by atomic mass is 35.5. The third-order valence-corrected chi connectivity index (χ3v) is 5.98. The van der Waals surface area contributed by atoms with Crippen LogP contribution in [-0.2, 0) is 20.6 Å². The monoisotopic (exact) mass is 422 g/mol. The summed E-state index contributed by atoms with van der Waals surface area (Å²) in [6.45, 7) is 8.63. The van der Waals surface area contributed by atoms with Crippen molar-refractivity contribution in [3.63, 3.8) is 0 Å². The Kier molecular flexibility index (Phi) is 7.95. The molecule has 4 atom stereocenters. The summed E-state index contributed by atoms with van der Waals surface area (Å²) >= 11 is 6.03. The number of nitrogens with zero attached hydrogens (tertiary/aromatic N) is 2. The van der Waals surface area contributed by atoms with E-state index in [-0.39, 0.29) is 37.0 Å². The van der Waals surface area contributed by atoms with Gasteiger partial charge in [0, 0.05) is 37.3 Å². The predicted octanol–water partition coefficient (Wildman–Crippen LogP) is 3.38. The highest BCUT2D eigenvalue weighted by Crippen LogP contribution is 2.27. The van der Waals surface area contributed by atoms with Gasteiger partial charge in [0.05, 0.1) is 25.4 Å². The van der Waals surface area contributed by atoms with Gasteiger partial charge in [-0.1, -0.05) is 36.4 Å². The van der Waals surface area contributed by atoms with E-state index in [2.05, 4.69) is 30.5 Å². The van der Waals surface area contributed by atoms with E-state index in [1.165, 1.54) is 5.56 Å². The number of ether oxygens (including phenoxy) is 3. The van der Waals surface area contributed by atoms with E-state index in [1.54, 1.807) is 18.1 Å². The van der Waals surface area contributed by atoms with Crippen molar-refractivity contribution in [2.24, 2.45) is 0 Å². The second-order valence-electron chi connectivity index (χ2n) is 7.77. The summed E-state index contributed by atoms with van der Waals surface area (Å²) in [5.74, 6) is 0. The van der Waals surface area contributed by atoms with Crippen LogP contribution in [0.1, 0.15) is 18.9 Å². The molecule has 2 heterocycles. The molecule has 2 fully saturated rings. The topological polar surface area (TPSA) is 51.2 Å². The Bertz CT molecular complexity index is 684. The van der Waals surface area contributed by atoms with E-state index >= 15 is 0 Å². The minimum atomic E-state index is -0.307. The first-order chi connectivity index (χ1) is 14.0. The van der Waals surface area contributed by atoms with Crippen LogP contribution in [-0.4, -0.2) is 80.1 Å². The van der Waals surface area contributed by atoms with Gasteiger partial charge in [-0.2, -0.15) is 0 Å². The van der Waals surface area contributed by atoms with Gasteiger partial charge in [-0.05, 0) is 37.5 Å². The number of likely N-dealkylation sites (tertiary alicyclic amines) is 1. The van der Waals surface area contributed by atoms with Crippen molar-refractivity contribution in [1.82, 2.24) is 9.80 Å². The number of amides is 1. The van der Waals surface area contributed by atoms with Crippen molar-refractivity contribution in [3.05, 3.63) is 47.5 Å². The van der Waals surface area contributed by atoms with Crippen LogP contribution >= 0.6 is 11.6 Å². The Morgan fingerprint density at radius 3 is 2.79 bits per heavy atom. The Morgan fingerprint density at radius 1 is 1.34 bits per heavy atom. The fourth-order valence-corrected chi connectivity index (χ4v) is 4.37. The number of rotatable bonds is 6. The summed E-state index contributed by atoms with van der Waals surface area (Å²) in [6, 6.07) is 8.49. The van der Waals surface area contributed by atoms with Gasteiger partial charge >= 0.3 is 6.09 Å². The average Bonchev–Trinajstić information content (AvgIpc) is 2.74. The Balaban J connectivity index is 1.69. The molecule has 29 heavy (non-hydrogen) atoms. The largest absolute Gasteiger partial charge is 0.445 e. The molecule has 2 aliphatic rings. The van der Waals surface area contributed by atoms with Crippen LogP contribution in [0.25, 0.3) is 0 Å². The second-order valence-corrected chi connectivity index (χ2v) is 8.20. The molecule has 3 rings (SSSR count). The smallest absolute Gasteiger partial charge is 0.410 e. The molecule has 7 heteroatoms. The van der Waals surface area contributed by atoms with Crippen molar-refractivity contribution in [3.8, 4) is 0 Å². The zero-order valence-electron chi connectivity index (χ0n) is 17.3. The molecule has 2 saturated heterocycles. The second kappa shape index (κ2) is 10.4. The minimum Gasteiger partial charge on any atom is -0.445 e. The van der Waals surface area contributed by atoms with Gasteiger partial charge in [0.15, 0.2) is 0 Å². The molecule has 0 N–H and O–H groups in total. The van der Waals surface area contributed by atoms with Crippen LogP contribution in [0, 0.1) is 0 Å². The lowest BCUT2D eigenvalue weighted by molar-refractivity contribution is -0.112. The SMILES string of the molecule is C=CCOC(=O)N1CCC(N2C[C@H](C)OCC2Cc2ccc(Cl)cc2)[C@@H](OC)C1. The van der Waals surface area contributed by atoms with Gasteiger partial charge in [0.1, 0.15) is 6.61 Å². The molecule has 0 radical (unpaired) electrons. The summed E-state index contributed by atoms with van der Waals surface area (Å²) in [7, 11) is 1.72. The molecule has 0 saturated carbocycles. The van der Waals surface area contributed by atoms with Crippen LogP contribution in [0.15, 0.2) is 36.9 Å². The number of hydrogen-bond donors (Lipinski definition) is 0. The van der Waals surface area contributed by atoms with Gasteiger partial charge in [-0.3, -0.25) is 4.90 Å². The lowest BCUT2D eigenvalue weighted by Gasteiger charge is -2.48. The molecule has 1 amide bonds. The highest BCUT2D eigenvalue weighted by Gasteiger charge is 2.40. The van der Waals surface area contributed by atoms with Crippen molar-refractivity contribution >= 4 is 17.7 Å². The first-order valence-corrected chi connectivity index (χ1v) is 10.6. The summed E-state index contributed by atoms with van der Waals surface area (Å²) in [4.78, 5) is 16.5. The highest BCUT2D eigenvalue weighted by molar-refractivity contribution is 6.30. The van der Waals surface area contributed by atoms with Gasteiger partial charge < -0.3 is 19.1 Å². The molecule has 160 valence electrons. The fourth-order valence-electron chi connectivity index (χ4n) is 4.25. The molecule has 0 spiro atoms. The molecule has 2 unspecified atom stereocenters. The van der Waals surface area contributed by atoms with Crippen LogP contribution < -0.4 is 0 Å². The zero-order chi connectivity index (χ0) is 20.8. The molecule has 0 bridgehead atoms. The number of carbonyl (C=O) groups is 1. The maximum Gasteiger partial charge on any atom is 0.410 e. The molecule has 0 aliphatic carbocycles. The number of carbonyl (C=O) groups excluding carboxylic acids is 1. The molecular weight excluding hydrogens is 392 g/mol. The van der Waals surface area contributed by atoms with E-state index in [4.69, 9.17) is 25.8 Å². The number of hydrogen-bond acceptors (Lipinski definition) is 5. The lowest BCUT2D eigenvalue weighted by Crippen LogP contribution is -2.62. The third kappa shape index (κ3) is 5.72. The molecule has 1 aromatic rings. The Hall–Kier alpha value is -1.60. The van der Waals surface area contributed by atoms with Crippen molar-refractivity contribution < 1.29 is 19.0 Å². The maximum absolute atomic E-state index is 12.2. The van der Waals surface area contributed by atoms with Crippen molar-refractivity contribution in [2.45, 2.75) is 44.1 Å². The summed E-state index contributed by atoms with van der Waals surface area (Å²) < 4.78 is 17.0. The number of methoxy groups -OCH3 is 1. The van der Waals surface area contributed by atoms with Crippen LogP contribution in [0.2, 0.25) is 5.02 Å².